The fourth-order valence-electron chi connectivity index (χ4n) is 4.32. The quantitative estimate of drug-likeness (QED) is 0.750. The first-order valence-electron chi connectivity index (χ1n) is 9.88. The normalized spacial score (nSPS) is 18.7. The first-order chi connectivity index (χ1) is 13.7. The van der Waals surface area contributed by atoms with Gasteiger partial charge in [0.2, 0.25) is 0 Å². The van der Waals surface area contributed by atoms with Crippen molar-refractivity contribution >= 4 is 0 Å². The summed E-state index contributed by atoms with van der Waals surface area (Å²) in [5.74, 6) is 0.462. The maximum absolute atomic E-state index is 13.2. The van der Waals surface area contributed by atoms with Crippen molar-refractivity contribution in [3.05, 3.63) is 87.1 Å². The maximum Gasteiger partial charge on any atom is 0.254 e. The number of likely N-dealkylation sites (tertiary alicyclic amines) is 1. The monoisotopic (exact) mass is 375 g/mol. The van der Waals surface area contributed by atoms with Gasteiger partial charge in [-0.2, -0.15) is 0 Å². The SMILES string of the molecule is O=c1[nH]c(-c2cccc(CN3CC[C@@H]3c3ccc(F)cc3)c2)nc2c1CCC2. The van der Waals surface area contributed by atoms with Crippen LogP contribution in [0.4, 0.5) is 4.39 Å². The standard InChI is InChI=1S/C23H22FN3O/c24-18-9-7-16(8-10-18)21-11-12-27(21)14-15-3-1-4-17(13-15)22-25-20-6-2-5-19(20)23(28)26-22/h1,3-4,7-10,13,21H,2,5-6,11-12,14H2,(H,25,26,28)/t21-/m1/s1. The summed E-state index contributed by atoms with van der Waals surface area (Å²) in [6, 6.07) is 15.4. The molecule has 5 rings (SSSR count). The Kier molecular flexibility index (Phi) is 4.32. The first-order valence-corrected chi connectivity index (χ1v) is 9.88. The number of nitrogens with one attached hydrogen (secondary N) is 1. The van der Waals surface area contributed by atoms with Crippen molar-refractivity contribution in [3.63, 3.8) is 0 Å². The molecule has 1 fully saturated rings. The predicted molar refractivity (Wildman–Crippen MR) is 106 cm³/mol. The van der Waals surface area contributed by atoms with E-state index in [1.54, 1.807) is 0 Å². The third kappa shape index (κ3) is 3.16. The second-order valence-electron chi connectivity index (χ2n) is 7.72. The lowest BCUT2D eigenvalue weighted by Crippen LogP contribution is -2.40. The van der Waals surface area contributed by atoms with Crippen LogP contribution in [0.25, 0.3) is 11.4 Å². The fourth-order valence-corrected chi connectivity index (χ4v) is 4.32. The number of hydrogen-bond donors (Lipinski definition) is 1. The zero-order valence-corrected chi connectivity index (χ0v) is 15.6. The number of H-pyrrole nitrogens is 1. The Morgan fingerprint density at radius 3 is 2.79 bits per heavy atom. The molecule has 3 aromatic rings. The molecule has 1 aromatic heterocycles. The molecule has 4 nitrogen and oxygen atoms in total. The van der Waals surface area contributed by atoms with Gasteiger partial charge in [-0.3, -0.25) is 9.69 Å². The zero-order valence-electron chi connectivity index (χ0n) is 15.6. The molecule has 1 saturated heterocycles. The summed E-state index contributed by atoms with van der Waals surface area (Å²) in [6.07, 6.45) is 3.82. The van der Waals surface area contributed by atoms with Crippen molar-refractivity contribution in [2.24, 2.45) is 0 Å². The van der Waals surface area contributed by atoms with Crippen LogP contribution in [-0.4, -0.2) is 21.4 Å². The number of nitrogens with zero attached hydrogens (tertiary/aromatic N) is 2. The second-order valence-corrected chi connectivity index (χ2v) is 7.72. The molecule has 2 aliphatic rings. The van der Waals surface area contributed by atoms with Gasteiger partial charge >= 0.3 is 0 Å². The van der Waals surface area contributed by atoms with Crippen LogP contribution in [0.1, 0.15) is 41.3 Å². The lowest BCUT2D eigenvalue weighted by atomic mass is 9.94. The highest BCUT2D eigenvalue weighted by Gasteiger charge is 2.29. The molecular weight excluding hydrogens is 353 g/mol. The molecule has 0 saturated carbocycles. The summed E-state index contributed by atoms with van der Waals surface area (Å²) in [5, 5.41) is 0. The molecule has 2 aromatic carbocycles. The number of aryl methyl sites for hydroxylation is 1. The van der Waals surface area contributed by atoms with E-state index in [0.717, 1.165) is 61.2 Å². The lowest BCUT2D eigenvalue weighted by molar-refractivity contribution is 0.0819. The third-order valence-corrected chi connectivity index (χ3v) is 5.91. The molecule has 1 aliphatic heterocycles. The molecule has 0 unspecified atom stereocenters. The number of hydrogen-bond acceptors (Lipinski definition) is 3. The van der Waals surface area contributed by atoms with E-state index in [0.29, 0.717) is 11.9 Å². The van der Waals surface area contributed by atoms with Gasteiger partial charge in [0.05, 0.1) is 5.69 Å². The van der Waals surface area contributed by atoms with Gasteiger partial charge in [-0.05, 0) is 55.0 Å². The number of aromatic nitrogens is 2. The van der Waals surface area contributed by atoms with Crippen molar-refractivity contribution < 1.29 is 4.39 Å². The van der Waals surface area contributed by atoms with Crippen molar-refractivity contribution in [1.82, 2.24) is 14.9 Å². The van der Waals surface area contributed by atoms with Crippen LogP contribution in [0.15, 0.2) is 53.3 Å². The summed E-state index contributed by atoms with van der Waals surface area (Å²) >= 11 is 0. The molecule has 1 atom stereocenters. The Labute approximate surface area is 163 Å². The highest BCUT2D eigenvalue weighted by atomic mass is 19.1. The first kappa shape index (κ1) is 17.3. The second kappa shape index (κ2) is 6.99. The predicted octanol–water partition coefficient (Wildman–Crippen LogP) is 4.01. The minimum Gasteiger partial charge on any atom is -0.306 e. The van der Waals surface area contributed by atoms with Crippen molar-refractivity contribution in [2.45, 2.75) is 38.3 Å². The fraction of sp³-hybridized carbons (Fsp3) is 0.304. The molecule has 0 amide bonds. The van der Waals surface area contributed by atoms with Gasteiger partial charge in [-0.25, -0.2) is 9.37 Å². The Morgan fingerprint density at radius 2 is 2.00 bits per heavy atom. The number of benzene rings is 2. The van der Waals surface area contributed by atoms with E-state index < -0.39 is 0 Å². The van der Waals surface area contributed by atoms with E-state index in [9.17, 15) is 9.18 Å². The molecule has 1 N–H and O–H groups in total. The van der Waals surface area contributed by atoms with Crippen molar-refractivity contribution in [2.75, 3.05) is 6.54 Å². The average Bonchev–Trinajstić information content (AvgIpc) is 3.17. The summed E-state index contributed by atoms with van der Waals surface area (Å²) in [7, 11) is 0. The minimum atomic E-state index is -0.196. The van der Waals surface area contributed by atoms with E-state index in [-0.39, 0.29) is 11.4 Å². The molecule has 1 aliphatic carbocycles. The van der Waals surface area contributed by atoms with Gasteiger partial charge in [0.25, 0.3) is 5.56 Å². The van der Waals surface area contributed by atoms with Crippen LogP contribution in [0, 0.1) is 5.82 Å². The Bertz CT molecular complexity index is 1070. The van der Waals surface area contributed by atoms with Gasteiger partial charge in [-0.1, -0.05) is 30.3 Å². The average molecular weight is 375 g/mol. The highest BCUT2D eigenvalue weighted by molar-refractivity contribution is 5.56. The molecule has 142 valence electrons. The Hall–Kier alpha value is -2.79. The van der Waals surface area contributed by atoms with E-state index in [4.69, 9.17) is 4.98 Å². The molecule has 5 heteroatoms. The van der Waals surface area contributed by atoms with Crippen molar-refractivity contribution in [3.8, 4) is 11.4 Å². The van der Waals surface area contributed by atoms with Crippen LogP contribution < -0.4 is 5.56 Å². The lowest BCUT2D eigenvalue weighted by Gasteiger charge is -2.41. The van der Waals surface area contributed by atoms with Crippen LogP contribution in [0.5, 0.6) is 0 Å². The molecule has 28 heavy (non-hydrogen) atoms. The summed E-state index contributed by atoms with van der Waals surface area (Å²) in [6.45, 7) is 1.85. The van der Waals surface area contributed by atoms with E-state index in [1.165, 1.54) is 17.7 Å². The van der Waals surface area contributed by atoms with Crippen molar-refractivity contribution in [1.29, 1.82) is 0 Å². The number of halogens is 1. The minimum absolute atomic E-state index is 0.00187. The van der Waals surface area contributed by atoms with Gasteiger partial charge in [-0.15, -0.1) is 0 Å². The van der Waals surface area contributed by atoms with E-state index in [2.05, 4.69) is 22.0 Å². The summed E-state index contributed by atoms with van der Waals surface area (Å²) < 4.78 is 13.2. The molecule has 0 spiro atoms. The molecule has 0 radical (unpaired) electrons. The smallest absolute Gasteiger partial charge is 0.254 e. The zero-order chi connectivity index (χ0) is 19.1. The third-order valence-electron chi connectivity index (χ3n) is 5.91. The Balaban J connectivity index is 1.37. The number of aromatic amines is 1. The number of rotatable bonds is 4. The van der Waals surface area contributed by atoms with Gasteiger partial charge < -0.3 is 4.98 Å². The summed E-state index contributed by atoms with van der Waals surface area (Å²) in [4.78, 5) is 22.4. The van der Waals surface area contributed by atoms with Crippen LogP contribution >= 0.6 is 0 Å². The molecular formula is C23H22FN3O. The van der Waals surface area contributed by atoms with Gasteiger partial charge in [0.15, 0.2) is 0 Å². The topological polar surface area (TPSA) is 49.0 Å². The van der Waals surface area contributed by atoms with Crippen LogP contribution in [0.3, 0.4) is 0 Å². The molecule has 2 heterocycles. The maximum atomic E-state index is 13.2. The van der Waals surface area contributed by atoms with E-state index >= 15 is 0 Å². The van der Waals surface area contributed by atoms with Crippen LogP contribution in [0.2, 0.25) is 0 Å². The van der Waals surface area contributed by atoms with Gasteiger partial charge in [0.1, 0.15) is 11.6 Å². The van der Waals surface area contributed by atoms with E-state index in [1.807, 2.05) is 24.3 Å². The number of fused-ring (bicyclic) bond motifs is 1. The molecule has 0 bridgehead atoms. The van der Waals surface area contributed by atoms with Crippen LogP contribution in [-0.2, 0) is 19.4 Å². The largest absolute Gasteiger partial charge is 0.306 e. The summed E-state index contributed by atoms with van der Waals surface area (Å²) in [5.41, 5.74) is 5.09. The van der Waals surface area contributed by atoms with Gasteiger partial charge in [0, 0.05) is 30.3 Å². The Morgan fingerprint density at radius 1 is 1.14 bits per heavy atom. The highest BCUT2D eigenvalue weighted by Crippen LogP contribution is 2.35.